The first-order valence-electron chi connectivity index (χ1n) is 9.91. The maximum Gasteiger partial charge on any atom is -0.0228 e. The lowest BCUT2D eigenvalue weighted by Crippen LogP contribution is -2.12. The second-order valence-electron chi connectivity index (χ2n) is 8.24. The Hall–Kier alpha value is -0.780. The van der Waals surface area contributed by atoms with Crippen molar-refractivity contribution in [2.75, 3.05) is 0 Å². The minimum Gasteiger partial charge on any atom is -0.103 e. The van der Waals surface area contributed by atoms with Gasteiger partial charge in [0.15, 0.2) is 0 Å². The Bertz CT molecular complexity index is 398. The molecule has 1 aliphatic carbocycles. The average Bonchev–Trinajstić information content (AvgIpc) is 2.55. The second kappa shape index (κ2) is 10.9. The lowest BCUT2D eigenvalue weighted by molar-refractivity contribution is 0.298. The van der Waals surface area contributed by atoms with E-state index >= 15 is 0 Å². The van der Waals surface area contributed by atoms with Crippen LogP contribution in [-0.4, -0.2) is 0 Å². The van der Waals surface area contributed by atoms with Gasteiger partial charge in [-0.3, -0.25) is 0 Å². The molecule has 0 heterocycles. The van der Waals surface area contributed by atoms with Gasteiger partial charge in [0.05, 0.1) is 0 Å². The molecule has 0 spiro atoms. The molecule has 0 nitrogen and oxygen atoms in total. The van der Waals surface area contributed by atoms with Crippen molar-refractivity contribution >= 4 is 0 Å². The van der Waals surface area contributed by atoms with Crippen LogP contribution >= 0.6 is 0 Å². The van der Waals surface area contributed by atoms with Crippen LogP contribution in [0.1, 0.15) is 86.0 Å². The zero-order valence-electron chi connectivity index (χ0n) is 16.4. The summed E-state index contributed by atoms with van der Waals surface area (Å²) in [6.45, 7) is 15.8. The number of hydrogen-bond acceptors (Lipinski definition) is 0. The fourth-order valence-corrected chi connectivity index (χ4v) is 3.53. The van der Waals surface area contributed by atoms with Crippen molar-refractivity contribution in [3.63, 3.8) is 0 Å². The van der Waals surface area contributed by atoms with Crippen LogP contribution in [0.15, 0.2) is 36.0 Å². The Labute approximate surface area is 146 Å². The fraction of sp³-hybridized carbons (Fsp3) is 0.739. The van der Waals surface area contributed by atoms with Gasteiger partial charge in [-0.15, -0.1) is 6.58 Å². The highest BCUT2D eigenvalue weighted by Crippen LogP contribution is 2.30. The molecule has 4 unspecified atom stereocenters. The summed E-state index contributed by atoms with van der Waals surface area (Å²) in [7, 11) is 0. The molecule has 0 aromatic carbocycles. The Balaban J connectivity index is 2.26. The van der Waals surface area contributed by atoms with E-state index in [9.17, 15) is 0 Å². The second-order valence-corrected chi connectivity index (χ2v) is 8.24. The van der Waals surface area contributed by atoms with Crippen molar-refractivity contribution in [1.82, 2.24) is 0 Å². The molecule has 0 bridgehead atoms. The van der Waals surface area contributed by atoms with Crippen molar-refractivity contribution in [3.05, 3.63) is 36.0 Å². The Morgan fingerprint density at radius 3 is 2.13 bits per heavy atom. The standard InChI is InChI=1S/C23H40/c1-7-8-9-18(2)10-13-20(4)21(5)14-15-22(6)23-16-11-19(3)12-17-23/h7,11,16,18,20-22H,1,8-10,12-15,17H2,2-6H3. The van der Waals surface area contributed by atoms with Crippen LogP contribution in [0.25, 0.3) is 0 Å². The fourth-order valence-electron chi connectivity index (χ4n) is 3.53. The number of hydrogen-bond donors (Lipinski definition) is 0. The van der Waals surface area contributed by atoms with Gasteiger partial charge >= 0.3 is 0 Å². The SMILES string of the molecule is C=CCCC(C)CCC(C)C(C)CCC(C)C1=CC=C(C)CC1. The van der Waals surface area contributed by atoms with E-state index in [2.05, 4.69) is 59.4 Å². The Morgan fingerprint density at radius 1 is 0.913 bits per heavy atom. The lowest BCUT2D eigenvalue weighted by atomic mass is 9.81. The van der Waals surface area contributed by atoms with Crippen molar-refractivity contribution in [2.45, 2.75) is 86.0 Å². The van der Waals surface area contributed by atoms with Gasteiger partial charge in [-0.05, 0) is 69.1 Å². The third-order valence-electron chi connectivity index (χ3n) is 6.03. The molecule has 0 N–H and O–H groups in total. The maximum atomic E-state index is 3.83. The van der Waals surface area contributed by atoms with Crippen molar-refractivity contribution in [1.29, 1.82) is 0 Å². The summed E-state index contributed by atoms with van der Waals surface area (Å²) in [4.78, 5) is 0. The third kappa shape index (κ3) is 8.04. The predicted octanol–water partition coefficient (Wildman–Crippen LogP) is 7.72. The van der Waals surface area contributed by atoms with Crippen LogP contribution in [0, 0.1) is 23.7 Å². The molecule has 0 amide bonds. The van der Waals surface area contributed by atoms with Crippen molar-refractivity contribution in [2.24, 2.45) is 23.7 Å². The molecule has 1 rings (SSSR count). The van der Waals surface area contributed by atoms with Gasteiger partial charge in [0.2, 0.25) is 0 Å². The molecule has 4 atom stereocenters. The largest absolute Gasteiger partial charge is 0.103 e. The van der Waals surface area contributed by atoms with E-state index in [4.69, 9.17) is 0 Å². The first kappa shape index (κ1) is 20.3. The molecule has 0 radical (unpaired) electrons. The summed E-state index contributed by atoms with van der Waals surface area (Å²) in [6, 6.07) is 0. The minimum absolute atomic E-state index is 0.764. The lowest BCUT2D eigenvalue weighted by Gasteiger charge is -2.24. The zero-order valence-corrected chi connectivity index (χ0v) is 16.4. The smallest absolute Gasteiger partial charge is 0.0228 e. The van der Waals surface area contributed by atoms with E-state index in [1.165, 1.54) is 56.9 Å². The van der Waals surface area contributed by atoms with Crippen LogP contribution in [-0.2, 0) is 0 Å². The monoisotopic (exact) mass is 316 g/mol. The molecule has 0 aromatic heterocycles. The van der Waals surface area contributed by atoms with Crippen molar-refractivity contribution < 1.29 is 0 Å². The van der Waals surface area contributed by atoms with Crippen molar-refractivity contribution in [3.8, 4) is 0 Å². The minimum atomic E-state index is 0.764. The molecule has 0 heteroatoms. The Morgan fingerprint density at radius 2 is 1.57 bits per heavy atom. The summed E-state index contributed by atoms with van der Waals surface area (Å²) in [5.74, 6) is 3.32. The van der Waals surface area contributed by atoms with E-state index in [0.29, 0.717) is 0 Å². The highest BCUT2D eigenvalue weighted by atomic mass is 14.2. The first-order chi connectivity index (χ1) is 10.9. The van der Waals surface area contributed by atoms with Gasteiger partial charge in [-0.1, -0.05) is 69.9 Å². The topological polar surface area (TPSA) is 0 Å². The summed E-state index contributed by atoms with van der Waals surface area (Å²) in [5, 5.41) is 0. The summed E-state index contributed by atoms with van der Waals surface area (Å²) in [6.07, 6.45) is 17.3. The van der Waals surface area contributed by atoms with Gasteiger partial charge in [-0.25, -0.2) is 0 Å². The van der Waals surface area contributed by atoms with Crippen LogP contribution in [0.2, 0.25) is 0 Å². The predicted molar refractivity (Wildman–Crippen MR) is 106 cm³/mol. The van der Waals surface area contributed by atoms with E-state index < -0.39 is 0 Å². The van der Waals surface area contributed by atoms with Crippen LogP contribution in [0.4, 0.5) is 0 Å². The van der Waals surface area contributed by atoms with E-state index in [0.717, 1.165) is 23.7 Å². The molecule has 132 valence electrons. The number of rotatable bonds is 11. The number of allylic oxidation sites excluding steroid dienone is 5. The summed E-state index contributed by atoms with van der Waals surface area (Å²) < 4.78 is 0. The average molecular weight is 317 g/mol. The third-order valence-corrected chi connectivity index (χ3v) is 6.03. The quantitative estimate of drug-likeness (QED) is 0.342. The molecule has 1 aliphatic rings. The van der Waals surface area contributed by atoms with Crippen LogP contribution < -0.4 is 0 Å². The zero-order chi connectivity index (χ0) is 17.2. The van der Waals surface area contributed by atoms with E-state index in [-0.39, 0.29) is 0 Å². The molecular weight excluding hydrogens is 276 g/mol. The highest BCUT2D eigenvalue weighted by Gasteiger charge is 2.17. The summed E-state index contributed by atoms with van der Waals surface area (Å²) in [5.41, 5.74) is 3.21. The molecule has 0 aliphatic heterocycles. The van der Waals surface area contributed by atoms with E-state index in [1.54, 1.807) is 5.57 Å². The van der Waals surface area contributed by atoms with Gasteiger partial charge in [0, 0.05) is 0 Å². The molecule has 0 saturated heterocycles. The molecule has 0 fully saturated rings. The van der Waals surface area contributed by atoms with Gasteiger partial charge < -0.3 is 0 Å². The molecule has 23 heavy (non-hydrogen) atoms. The van der Waals surface area contributed by atoms with Gasteiger partial charge in [-0.2, -0.15) is 0 Å². The first-order valence-corrected chi connectivity index (χ1v) is 9.91. The van der Waals surface area contributed by atoms with Crippen LogP contribution in [0.5, 0.6) is 0 Å². The molecule has 0 saturated carbocycles. The summed E-state index contributed by atoms with van der Waals surface area (Å²) >= 11 is 0. The van der Waals surface area contributed by atoms with E-state index in [1.807, 2.05) is 0 Å². The van der Waals surface area contributed by atoms with Crippen LogP contribution in [0.3, 0.4) is 0 Å². The molecular formula is C23H40. The van der Waals surface area contributed by atoms with Gasteiger partial charge in [0.1, 0.15) is 0 Å². The maximum absolute atomic E-state index is 3.83. The molecule has 0 aromatic rings. The Kier molecular flexibility index (Phi) is 9.60. The normalized spacial score (nSPS) is 20.2. The van der Waals surface area contributed by atoms with Gasteiger partial charge in [0.25, 0.3) is 0 Å². The highest BCUT2D eigenvalue weighted by molar-refractivity contribution is 5.24.